The zero-order valence-corrected chi connectivity index (χ0v) is 15.6. The summed E-state index contributed by atoms with van der Waals surface area (Å²) in [7, 11) is 1.75. The highest BCUT2D eigenvalue weighted by Gasteiger charge is 2.35. The zero-order valence-electron chi connectivity index (χ0n) is 15.6. The molecular weight excluding hydrogens is 326 g/mol. The van der Waals surface area contributed by atoms with Crippen molar-refractivity contribution in [1.29, 1.82) is 5.26 Å². The van der Waals surface area contributed by atoms with E-state index in [9.17, 15) is 10.1 Å². The average Bonchev–Trinajstić information content (AvgIpc) is 3.38. The number of pyridine rings is 1. The van der Waals surface area contributed by atoms with Crippen LogP contribution in [-0.4, -0.2) is 30.8 Å². The van der Waals surface area contributed by atoms with Crippen LogP contribution in [-0.2, 0) is 4.74 Å². The van der Waals surface area contributed by atoms with E-state index in [1.54, 1.807) is 7.11 Å². The van der Waals surface area contributed by atoms with Crippen LogP contribution in [0.1, 0.15) is 50.2 Å². The minimum Gasteiger partial charge on any atom is -0.378 e. The van der Waals surface area contributed by atoms with E-state index in [-0.39, 0.29) is 16.7 Å². The Bertz CT molecular complexity index is 948. The molecule has 2 heterocycles. The number of hydrogen-bond donors (Lipinski definition) is 1. The van der Waals surface area contributed by atoms with Gasteiger partial charge in [-0.05, 0) is 55.7 Å². The fourth-order valence-corrected chi connectivity index (χ4v) is 4.15. The average molecular weight is 351 g/mol. The van der Waals surface area contributed by atoms with Crippen molar-refractivity contribution in [2.75, 3.05) is 25.1 Å². The molecule has 26 heavy (non-hydrogen) atoms. The summed E-state index contributed by atoms with van der Waals surface area (Å²) in [4.78, 5) is 17.5. The Morgan fingerprint density at radius 3 is 2.62 bits per heavy atom. The predicted molar refractivity (Wildman–Crippen MR) is 103 cm³/mol. The minimum absolute atomic E-state index is 0.130. The summed E-state index contributed by atoms with van der Waals surface area (Å²) in [5.41, 5.74) is 2.69. The Labute approximate surface area is 153 Å². The lowest BCUT2D eigenvalue weighted by Crippen LogP contribution is -2.44. The van der Waals surface area contributed by atoms with Crippen LogP contribution in [0.4, 0.5) is 5.69 Å². The van der Waals surface area contributed by atoms with E-state index in [1.165, 1.54) is 12.0 Å². The van der Waals surface area contributed by atoms with Gasteiger partial charge in [0, 0.05) is 25.6 Å². The molecule has 0 amide bonds. The highest BCUT2D eigenvalue weighted by Crippen LogP contribution is 2.48. The van der Waals surface area contributed by atoms with Crippen LogP contribution in [0.3, 0.4) is 0 Å². The molecule has 1 aliphatic carbocycles. The second-order valence-electron chi connectivity index (χ2n) is 8.06. The van der Waals surface area contributed by atoms with Crippen LogP contribution >= 0.6 is 0 Å². The third-order valence-corrected chi connectivity index (χ3v) is 6.29. The first-order valence-electron chi connectivity index (χ1n) is 9.36. The first-order valence-corrected chi connectivity index (χ1v) is 9.36. The number of fused-ring (bicyclic) bond motifs is 1. The van der Waals surface area contributed by atoms with E-state index in [2.05, 4.69) is 41.9 Å². The Balaban J connectivity index is 1.83. The first kappa shape index (κ1) is 17.1. The Morgan fingerprint density at radius 2 is 2.04 bits per heavy atom. The number of nitrogens with zero attached hydrogens (tertiary/aromatic N) is 2. The molecule has 5 nitrogen and oxygen atoms in total. The van der Waals surface area contributed by atoms with Crippen LogP contribution < -0.4 is 10.5 Å². The molecule has 4 rings (SSSR count). The molecule has 136 valence electrons. The van der Waals surface area contributed by atoms with E-state index < -0.39 is 0 Å². The normalized spacial score (nSPS) is 24.5. The largest absolute Gasteiger partial charge is 0.378 e. The molecule has 0 radical (unpaired) electrons. The number of anilines is 1. The molecule has 5 heteroatoms. The highest BCUT2D eigenvalue weighted by molar-refractivity contribution is 5.95. The Hall–Kier alpha value is -2.32. The lowest BCUT2D eigenvalue weighted by atomic mass is 9.92. The monoisotopic (exact) mass is 351 g/mol. The molecule has 0 bridgehead atoms. The van der Waals surface area contributed by atoms with E-state index in [4.69, 9.17) is 4.74 Å². The molecule has 1 aromatic carbocycles. The molecular formula is C21H25N3O2. The van der Waals surface area contributed by atoms with Crippen molar-refractivity contribution in [2.45, 2.75) is 44.6 Å². The van der Waals surface area contributed by atoms with Crippen molar-refractivity contribution in [3.63, 3.8) is 0 Å². The summed E-state index contributed by atoms with van der Waals surface area (Å²) in [6, 6.07) is 8.43. The second-order valence-corrected chi connectivity index (χ2v) is 8.06. The third kappa shape index (κ3) is 2.79. The number of nitrogens with one attached hydrogen (secondary N) is 1. The van der Waals surface area contributed by atoms with Crippen LogP contribution in [0.25, 0.3) is 10.9 Å². The number of aromatic nitrogens is 1. The van der Waals surface area contributed by atoms with Gasteiger partial charge in [0.1, 0.15) is 11.6 Å². The first-order chi connectivity index (χ1) is 12.5. The number of ether oxygens (including phenoxy) is 1. The maximum atomic E-state index is 12.5. The van der Waals surface area contributed by atoms with Gasteiger partial charge >= 0.3 is 0 Å². The number of piperidine rings is 1. The van der Waals surface area contributed by atoms with Gasteiger partial charge in [-0.1, -0.05) is 13.0 Å². The number of benzene rings is 1. The lowest BCUT2D eigenvalue weighted by molar-refractivity contribution is -0.0132. The molecule has 1 saturated carbocycles. The van der Waals surface area contributed by atoms with Crippen molar-refractivity contribution >= 4 is 16.6 Å². The van der Waals surface area contributed by atoms with Gasteiger partial charge in [0.05, 0.1) is 16.8 Å². The van der Waals surface area contributed by atoms with Gasteiger partial charge in [-0.25, -0.2) is 0 Å². The molecule has 2 fully saturated rings. The molecule has 2 aromatic rings. The smallest absolute Gasteiger partial charge is 0.268 e. The standard InChI is InChI=1S/C21H25N3O2/c1-13-10-15(13)14-4-5-18-16(11-14)19(17(12-22)20(25)23-18)24-8-6-21(2,26-3)7-9-24/h4-5,11,13,15H,6-10H2,1-3H3,(H,23,25)/t13-,15-/m0/s1. The fourth-order valence-electron chi connectivity index (χ4n) is 4.15. The van der Waals surface area contributed by atoms with Crippen molar-refractivity contribution in [1.82, 2.24) is 4.98 Å². The maximum Gasteiger partial charge on any atom is 0.268 e. The second kappa shape index (κ2) is 6.14. The molecule has 0 unspecified atom stereocenters. The van der Waals surface area contributed by atoms with Crippen LogP contribution in [0.5, 0.6) is 0 Å². The van der Waals surface area contributed by atoms with E-state index >= 15 is 0 Å². The van der Waals surface area contributed by atoms with Gasteiger partial charge in [0.15, 0.2) is 0 Å². The van der Waals surface area contributed by atoms with Crippen molar-refractivity contribution in [2.24, 2.45) is 5.92 Å². The van der Waals surface area contributed by atoms with E-state index in [0.717, 1.165) is 42.5 Å². The van der Waals surface area contributed by atoms with E-state index in [0.29, 0.717) is 11.8 Å². The van der Waals surface area contributed by atoms with Gasteiger partial charge in [-0.15, -0.1) is 0 Å². The summed E-state index contributed by atoms with van der Waals surface area (Å²) < 4.78 is 5.64. The SMILES string of the molecule is COC1(C)CCN(c2c(C#N)c(=O)[nH]c3ccc([C@H]4C[C@@H]4C)cc23)CC1. The minimum atomic E-state index is -0.303. The van der Waals surface area contributed by atoms with Gasteiger partial charge in [-0.3, -0.25) is 4.79 Å². The maximum absolute atomic E-state index is 12.5. The van der Waals surface area contributed by atoms with Crippen molar-refractivity contribution < 1.29 is 4.74 Å². The van der Waals surface area contributed by atoms with Crippen molar-refractivity contribution in [3.8, 4) is 6.07 Å². The predicted octanol–water partition coefficient (Wildman–Crippen LogP) is 3.53. The molecule has 1 aliphatic heterocycles. The Morgan fingerprint density at radius 1 is 1.35 bits per heavy atom. The number of aromatic amines is 1. The van der Waals surface area contributed by atoms with Gasteiger partial charge in [-0.2, -0.15) is 5.26 Å². The molecule has 0 spiro atoms. The molecule has 1 aromatic heterocycles. The number of rotatable bonds is 3. The quantitative estimate of drug-likeness (QED) is 0.918. The topological polar surface area (TPSA) is 69.1 Å². The van der Waals surface area contributed by atoms with Crippen molar-refractivity contribution in [3.05, 3.63) is 39.7 Å². The summed E-state index contributed by atoms with van der Waals surface area (Å²) in [6.07, 6.45) is 2.97. The van der Waals surface area contributed by atoms with E-state index in [1.807, 2.05) is 6.07 Å². The summed E-state index contributed by atoms with van der Waals surface area (Å²) in [6.45, 7) is 5.95. The summed E-state index contributed by atoms with van der Waals surface area (Å²) >= 11 is 0. The number of methoxy groups -OCH3 is 1. The summed E-state index contributed by atoms with van der Waals surface area (Å²) in [5, 5.41) is 10.6. The van der Waals surface area contributed by atoms with Gasteiger partial charge < -0.3 is 14.6 Å². The fraction of sp³-hybridized carbons (Fsp3) is 0.524. The number of nitriles is 1. The molecule has 1 N–H and O–H groups in total. The number of hydrogen-bond acceptors (Lipinski definition) is 4. The lowest BCUT2D eigenvalue weighted by Gasteiger charge is -2.40. The van der Waals surface area contributed by atoms with Crippen LogP contribution in [0, 0.1) is 17.2 Å². The van der Waals surface area contributed by atoms with Gasteiger partial charge in [0.2, 0.25) is 0 Å². The van der Waals surface area contributed by atoms with Crippen LogP contribution in [0.15, 0.2) is 23.0 Å². The van der Waals surface area contributed by atoms with Crippen LogP contribution in [0.2, 0.25) is 0 Å². The summed E-state index contributed by atoms with van der Waals surface area (Å²) in [5.74, 6) is 1.31. The zero-order chi connectivity index (χ0) is 18.5. The highest BCUT2D eigenvalue weighted by atomic mass is 16.5. The molecule has 1 saturated heterocycles. The molecule has 2 atom stereocenters. The number of H-pyrrole nitrogens is 1. The molecule has 2 aliphatic rings. The van der Waals surface area contributed by atoms with Gasteiger partial charge in [0.25, 0.3) is 5.56 Å². The Kier molecular flexibility index (Phi) is 4.04. The third-order valence-electron chi connectivity index (χ3n) is 6.29.